The van der Waals surface area contributed by atoms with Crippen LogP contribution in [-0.2, 0) is 9.59 Å². The number of carbonyl (C=O) groups is 2. The molecule has 2 rings (SSSR count). The van der Waals surface area contributed by atoms with Gasteiger partial charge < -0.3 is 9.80 Å². The van der Waals surface area contributed by atoms with Crippen molar-refractivity contribution in [3.8, 4) is 0 Å². The molecule has 5 heteroatoms. The van der Waals surface area contributed by atoms with E-state index in [1.54, 1.807) is 4.90 Å². The van der Waals surface area contributed by atoms with Gasteiger partial charge in [0.15, 0.2) is 0 Å². The van der Waals surface area contributed by atoms with Crippen LogP contribution in [0, 0.1) is 0 Å². The third-order valence-corrected chi connectivity index (χ3v) is 4.00. The van der Waals surface area contributed by atoms with Gasteiger partial charge in [0.05, 0.1) is 0 Å². The zero-order chi connectivity index (χ0) is 14.5. The zero-order valence-corrected chi connectivity index (χ0v) is 13.2. The Balaban J connectivity index is 1.99. The predicted octanol–water partition coefficient (Wildman–Crippen LogP) is 2.81. The number of hydrogen-bond donors (Lipinski definition) is 0. The highest BCUT2D eigenvalue weighted by Gasteiger charge is 2.20. The molecular weight excluding hydrogens is 320 g/mol. The number of hydrogen-bond acceptors (Lipinski definition) is 2. The summed E-state index contributed by atoms with van der Waals surface area (Å²) < 4.78 is 0.923. The summed E-state index contributed by atoms with van der Waals surface area (Å²) in [7, 11) is 0. The number of anilines is 1. The summed E-state index contributed by atoms with van der Waals surface area (Å²) >= 11 is 3.40. The normalized spacial score (nSPS) is 14.4. The van der Waals surface area contributed by atoms with E-state index in [1.165, 1.54) is 6.92 Å². The Labute approximate surface area is 127 Å². The van der Waals surface area contributed by atoms with Crippen molar-refractivity contribution in [3.63, 3.8) is 0 Å². The minimum Gasteiger partial charge on any atom is -0.343 e. The van der Waals surface area contributed by atoms with Crippen molar-refractivity contribution in [2.45, 2.75) is 26.2 Å². The topological polar surface area (TPSA) is 40.6 Å². The van der Waals surface area contributed by atoms with E-state index in [1.807, 2.05) is 29.2 Å². The summed E-state index contributed by atoms with van der Waals surface area (Å²) in [5.74, 6) is 0.0982. The van der Waals surface area contributed by atoms with Crippen LogP contribution >= 0.6 is 15.9 Å². The van der Waals surface area contributed by atoms with E-state index in [0.29, 0.717) is 13.0 Å². The molecule has 20 heavy (non-hydrogen) atoms. The van der Waals surface area contributed by atoms with E-state index in [2.05, 4.69) is 15.9 Å². The zero-order valence-electron chi connectivity index (χ0n) is 11.6. The first-order chi connectivity index (χ1) is 9.58. The number of likely N-dealkylation sites (tertiary alicyclic amines) is 1. The summed E-state index contributed by atoms with van der Waals surface area (Å²) in [5, 5.41) is 0. The second-order valence-electron chi connectivity index (χ2n) is 4.99. The Morgan fingerprint density at radius 1 is 1.30 bits per heavy atom. The molecule has 1 aliphatic rings. The van der Waals surface area contributed by atoms with Gasteiger partial charge in [0.1, 0.15) is 0 Å². The van der Waals surface area contributed by atoms with Crippen molar-refractivity contribution in [1.82, 2.24) is 4.90 Å². The molecule has 0 saturated carbocycles. The molecule has 1 aliphatic heterocycles. The minimum absolute atomic E-state index is 0.0441. The Hall–Kier alpha value is -1.36. The van der Waals surface area contributed by atoms with Crippen LogP contribution in [0.25, 0.3) is 0 Å². The molecule has 0 aliphatic carbocycles. The van der Waals surface area contributed by atoms with Crippen molar-refractivity contribution >= 4 is 33.4 Å². The van der Waals surface area contributed by atoms with Crippen LogP contribution in [-0.4, -0.2) is 36.3 Å². The summed E-state index contributed by atoms with van der Waals surface area (Å²) in [4.78, 5) is 27.4. The van der Waals surface area contributed by atoms with E-state index in [4.69, 9.17) is 0 Å². The van der Waals surface area contributed by atoms with Crippen LogP contribution in [0.15, 0.2) is 28.7 Å². The third kappa shape index (κ3) is 3.82. The Bertz CT molecular complexity index is 498. The van der Waals surface area contributed by atoms with Gasteiger partial charge in [0.25, 0.3) is 0 Å². The van der Waals surface area contributed by atoms with Crippen molar-refractivity contribution in [1.29, 1.82) is 0 Å². The van der Waals surface area contributed by atoms with Crippen LogP contribution < -0.4 is 4.90 Å². The standard InChI is InChI=1S/C15H19BrN2O2/c1-12(19)18(14-6-4-5-13(16)11-14)10-7-15(20)17-8-2-3-9-17/h4-6,11H,2-3,7-10H2,1H3. The van der Waals surface area contributed by atoms with Crippen LogP contribution in [0.3, 0.4) is 0 Å². The molecule has 1 heterocycles. The molecule has 1 aromatic rings. The smallest absolute Gasteiger partial charge is 0.224 e. The van der Waals surface area contributed by atoms with Gasteiger partial charge in [-0.05, 0) is 31.0 Å². The van der Waals surface area contributed by atoms with Crippen molar-refractivity contribution < 1.29 is 9.59 Å². The largest absolute Gasteiger partial charge is 0.343 e. The highest BCUT2D eigenvalue weighted by Crippen LogP contribution is 2.20. The molecule has 108 valence electrons. The third-order valence-electron chi connectivity index (χ3n) is 3.51. The predicted molar refractivity (Wildman–Crippen MR) is 82.6 cm³/mol. The second kappa shape index (κ2) is 6.88. The highest BCUT2D eigenvalue weighted by atomic mass is 79.9. The fourth-order valence-corrected chi connectivity index (χ4v) is 2.83. The van der Waals surface area contributed by atoms with Gasteiger partial charge in [0, 0.05) is 43.1 Å². The van der Waals surface area contributed by atoms with Gasteiger partial charge in [-0.25, -0.2) is 0 Å². The lowest BCUT2D eigenvalue weighted by Crippen LogP contribution is -2.35. The molecule has 4 nitrogen and oxygen atoms in total. The molecule has 1 fully saturated rings. The lowest BCUT2D eigenvalue weighted by atomic mass is 10.2. The number of rotatable bonds is 4. The number of benzene rings is 1. The molecule has 1 aromatic carbocycles. The molecule has 0 radical (unpaired) electrons. The van der Waals surface area contributed by atoms with Crippen LogP contribution in [0.5, 0.6) is 0 Å². The monoisotopic (exact) mass is 338 g/mol. The fraction of sp³-hybridized carbons (Fsp3) is 0.467. The molecule has 0 N–H and O–H groups in total. The van der Waals surface area contributed by atoms with E-state index in [0.717, 1.165) is 36.1 Å². The van der Waals surface area contributed by atoms with Crippen molar-refractivity contribution in [3.05, 3.63) is 28.7 Å². The van der Waals surface area contributed by atoms with Gasteiger partial charge in [-0.1, -0.05) is 22.0 Å². The maximum atomic E-state index is 12.0. The van der Waals surface area contributed by atoms with Gasteiger partial charge in [-0.2, -0.15) is 0 Å². The number of nitrogens with zero attached hydrogens (tertiary/aromatic N) is 2. The molecule has 0 bridgehead atoms. The molecule has 0 spiro atoms. The first-order valence-corrected chi connectivity index (χ1v) is 7.68. The van der Waals surface area contributed by atoms with Gasteiger partial charge in [0.2, 0.25) is 11.8 Å². The average molecular weight is 339 g/mol. The van der Waals surface area contributed by atoms with Crippen LogP contribution in [0.4, 0.5) is 5.69 Å². The first-order valence-electron chi connectivity index (χ1n) is 6.89. The van der Waals surface area contributed by atoms with Crippen LogP contribution in [0.1, 0.15) is 26.2 Å². The van der Waals surface area contributed by atoms with Gasteiger partial charge in [-0.3, -0.25) is 9.59 Å². The number of halogens is 1. The summed E-state index contributed by atoms with van der Waals surface area (Å²) in [5.41, 5.74) is 0.820. The number of carbonyl (C=O) groups excluding carboxylic acids is 2. The summed E-state index contributed by atoms with van der Waals surface area (Å²) in [6.07, 6.45) is 2.56. The maximum Gasteiger partial charge on any atom is 0.224 e. The lowest BCUT2D eigenvalue weighted by Gasteiger charge is -2.23. The highest BCUT2D eigenvalue weighted by molar-refractivity contribution is 9.10. The van der Waals surface area contributed by atoms with E-state index in [9.17, 15) is 9.59 Å². The van der Waals surface area contributed by atoms with E-state index >= 15 is 0 Å². The van der Waals surface area contributed by atoms with E-state index < -0.39 is 0 Å². The molecular formula is C15H19BrN2O2. The summed E-state index contributed by atoms with van der Waals surface area (Å²) in [6.45, 7) is 3.67. The minimum atomic E-state index is -0.0441. The maximum absolute atomic E-state index is 12.0. The second-order valence-corrected chi connectivity index (χ2v) is 5.90. The first kappa shape index (κ1) is 15.0. The number of amides is 2. The Morgan fingerprint density at radius 2 is 2.00 bits per heavy atom. The average Bonchev–Trinajstić information content (AvgIpc) is 2.92. The Kier molecular flexibility index (Phi) is 5.17. The van der Waals surface area contributed by atoms with Crippen molar-refractivity contribution in [2.24, 2.45) is 0 Å². The van der Waals surface area contributed by atoms with Gasteiger partial charge in [-0.15, -0.1) is 0 Å². The molecule has 2 amide bonds. The Morgan fingerprint density at radius 3 is 2.60 bits per heavy atom. The summed E-state index contributed by atoms with van der Waals surface area (Å²) in [6, 6.07) is 7.57. The molecule has 1 saturated heterocycles. The fourth-order valence-electron chi connectivity index (χ4n) is 2.44. The van der Waals surface area contributed by atoms with E-state index in [-0.39, 0.29) is 11.8 Å². The quantitative estimate of drug-likeness (QED) is 0.846. The van der Waals surface area contributed by atoms with Crippen LogP contribution in [0.2, 0.25) is 0 Å². The lowest BCUT2D eigenvalue weighted by molar-refractivity contribution is -0.129. The molecule has 0 aromatic heterocycles. The van der Waals surface area contributed by atoms with Gasteiger partial charge >= 0.3 is 0 Å². The molecule has 0 unspecified atom stereocenters. The molecule has 0 atom stereocenters. The van der Waals surface area contributed by atoms with Crippen molar-refractivity contribution in [2.75, 3.05) is 24.5 Å². The SMILES string of the molecule is CC(=O)N(CCC(=O)N1CCCC1)c1cccc(Br)c1.